The summed E-state index contributed by atoms with van der Waals surface area (Å²) in [6.45, 7) is 7.17. The molecule has 1 aromatic heterocycles. The van der Waals surface area contributed by atoms with Gasteiger partial charge in [-0.2, -0.15) is 0 Å². The van der Waals surface area contributed by atoms with Crippen molar-refractivity contribution in [2.75, 3.05) is 13.1 Å². The zero-order valence-electron chi connectivity index (χ0n) is 12.8. The van der Waals surface area contributed by atoms with Crippen molar-refractivity contribution in [1.29, 1.82) is 0 Å². The second-order valence-electron chi connectivity index (χ2n) is 6.32. The van der Waals surface area contributed by atoms with Crippen LogP contribution in [0.15, 0.2) is 17.5 Å². The Labute approximate surface area is 129 Å². The summed E-state index contributed by atoms with van der Waals surface area (Å²) in [5.41, 5.74) is 6.00. The van der Waals surface area contributed by atoms with E-state index in [-0.39, 0.29) is 23.3 Å². The van der Waals surface area contributed by atoms with E-state index in [0.717, 1.165) is 6.42 Å². The average molecular weight is 309 g/mol. The van der Waals surface area contributed by atoms with E-state index >= 15 is 0 Å². The lowest BCUT2D eigenvalue weighted by Gasteiger charge is -2.43. The van der Waals surface area contributed by atoms with Gasteiger partial charge in [-0.1, -0.05) is 19.9 Å². The van der Waals surface area contributed by atoms with Gasteiger partial charge in [-0.15, -0.1) is 11.3 Å². The van der Waals surface area contributed by atoms with E-state index in [4.69, 9.17) is 5.73 Å². The summed E-state index contributed by atoms with van der Waals surface area (Å²) in [6, 6.07) is 3.16. The molecule has 116 valence electrons. The molecule has 2 heterocycles. The Morgan fingerprint density at radius 1 is 1.52 bits per heavy atom. The van der Waals surface area contributed by atoms with E-state index in [2.05, 4.69) is 19.2 Å². The molecule has 6 heteroatoms. The molecule has 0 spiro atoms. The highest BCUT2D eigenvalue weighted by atomic mass is 32.1. The largest absolute Gasteiger partial charge is 0.340 e. The summed E-state index contributed by atoms with van der Waals surface area (Å²) < 4.78 is 0. The van der Waals surface area contributed by atoms with Gasteiger partial charge in [0, 0.05) is 19.1 Å². The number of carbonyl (C=O) groups is 2. The number of carbonyl (C=O) groups excluding carboxylic acids is 2. The Balaban J connectivity index is 1.95. The number of hydrogen-bond donors (Lipinski definition) is 2. The molecule has 2 amide bonds. The molecule has 2 atom stereocenters. The first-order valence-electron chi connectivity index (χ1n) is 7.20. The van der Waals surface area contributed by atoms with Gasteiger partial charge in [-0.05, 0) is 30.2 Å². The second-order valence-corrected chi connectivity index (χ2v) is 7.26. The maximum absolute atomic E-state index is 12.5. The molecular weight excluding hydrogens is 286 g/mol. The van der Waals surface area contributed by atoms with Gasteiger partial charge in [0.25, 0.3) is 5.91 Å². The lowest BCUT2D eigenvalue weighted by Crippen LogP contribution is -2.57. The Kier molecular flexibility index (Phi) is 4.68. The van der Waals surface area contributed by atoms with Crippen molar-refractivity contribution in [2.45, 2.75) is 39.3 Å². The van der Waals surface area contributed by atoms with Crippen molar-refractivity contribution < 1.29 is 9.59 Å². The summed E-state index contributed by atoms with van der Waals surface area (Å²) in [5.74, 6) is -0.237. The maximum Gasteiger partial charge on any atom is 0.261 e. The van der Waals surface area contributed by atoms with Gasteiger partial charge < -0.3 is 16.0 Å². The molecule has 21 heavy (non-hydrogen) atoms. The minimum Gasteiger partial charge on any atom is -0.340 e. The predicted octanol–water partition coefficient (Wildman–Crippen LogP) is 1.45. The van der Waals surface area contributed by atoms with E-state index in [0.29, 0.717) is 18.0 Å². The van der Waals surface area contributed by atoms with Crippen LogP contribution in [0.5, 0.6) is 0 Å². The van der Waals surface area contributed by atoms with E-state index < -0.39 is 6.04 Å². The predicted molar refractivity (Wildman–Crippen MR) is 84.2 cm³/mol. The Morgan fingerprint density at radius 2 is 2.24 bits per heavy atom. The third-order valence-electron chi connectivity index (χ3n) is 4.09. The summed E-state index contributed by atoms with van der Waals surface area (Å²) in [7, 11) is 0. The van der Waals surface area contributed by atoms with Crippen LogP contribution < -0.4 is 11.1 Å². The van der Waals surface area contributed by atoms with E-state index in [1.54, 1.807) is 13.0 Å². The fourth-order valence-corrected chi connectivity index (χ4v) is 3.20. The first-order valence-corrected chi connectivity index (χ1v) is 8.08. The summed E-state index contributed by atoms with van der Waals surface area (Å²) in [5, 5.41) is 4.61. The van der Waals surface area contributed by atoms with Crippen molar-refractivity contribution in [3.8, 4) is 0 Å². The van der Waals surface area contributed by atoms with Crippen LogP contribution in [0.25, 0.3) is 0 Å². The molecule has 1 aromatic rings. The zero-order valence-corrected chi connectivity index (χ0v) is 13.6. The van der Waals surface area contributed by atoms with Gasteiger partial charge in [0.05, 0.1) is 4.88 Å². The Hall–Kier alpha value is -1.40. The fourth-order valence-electron chi connectivity index (χ4n) is 2.57. The van der Waals surface area contributed by atoms with Crippen molar-refractivity contribution in [3.63, 3.8) is 0 Å². The minimum absolute atomic E-state index is 0.0418. The highest BCUT2D eigenvalue weighted by molar-refractivity contribution is 7.12. The van der Waals surface area contributed by atoms with Crippen LogP contribution in [0.3, 0.4) is 0 Å². The summed E-state index contributed by atoms with van der Waals surface area (Å²) in [6.07, 6.45) is 0.796. The van der Waals surface area contributed by atoms with E-state index in [1.165, 1.54) is 11.3 Å². The number of piperidine rings is 1. The number of amides is 2. The molecule has 0 radical (unpaired) electrons. The van der Waals surface area contributed by atoms with Gasteiger partial charge in [-0.25, -0.2) is 0 Å². The van der Waals surface area contributed by atoms with Crippen molar-refractivity contribution in [2.24, 2.45) is 11.1 Å². The third-order valence-corrected chi connectivity index (χ3v) is 4.96. The van der Waals surface area contributed by atoms with Crippen LogP contribution >= 0.6 is 11.3 Å². The smallest absolute Gasteiger partial charge is 0.261 e. The number of rotatable bonds is 3. The van der Waals surface area contributed by atoms with Crippen LogP contribution in [0.4, 0.5) is 0 Å². The standard InChI is InChI=1S/C15H23N3O2S/c1-10(17-13(19)11-5-4-8-21-11)14(20)18-7-6-12(16)15(2,3)9-18/h4-5,8,10,12H,6-7,9,16H2,1-3H3,(H,17,19). The van der Waals surface area contributed by atoms with E-state index in [9.17, 15) is 9.59 Å². The Morgan fingerprint density at radius 3 is 2.81 bits per heavy atom. The molecule has 3 N–H and O–H groups in total. The maximum atomic E-state index is 12.5. The molecule has 1 saturated heterocycles. The summed E-state index contributed by atoms with van der Waals surface area (Å²) in [4.78, 5) is 26.9. The number of likely N-dealkylation sites (tertiary alicyclic amines) is 1. The first-order chi connectivity index (χ1) is 9.81. The number of thiophene rings is 1. The molecule has 1 fully saturated rings. The molecule has 1 aliphatic rings. The lowest BCUT2D eigenvalue weighted by atomic mass is 9.79. The van der Waals surface area contributed by atoms with Gasteiger partial charge >= 0.3 is 0 Å². The highest BCUT2D eigenvalue weighted by Gasteiger charge is 2.36. The molecule has 1 aliphatic heterocycles. The molecule has 0 bridgehead atoms. The van der Waals surface area contributed by atoms with Crippen LogP contribution in [0, 0.1) is 5.41 Å². The van der Waals surface area contributed by atoms with Crippen molar-refractivity contribution in [1.82, 2.24) is 10.2 Å². The van der Waals surface area contributed by atoms with Gasteiger partial charge in [0.15, 0.2) is 0 Å². The number of nitrogens with two attached hydrogens (primary N) is 1. The van der Waals surface area contributed by atoms with Gasteiger partial charge in [0.1, 0.15) is 6.04 Å². The Bertz CT molecular complexity index is 513. The lowest BCUT2D eigenvalue weighted by molar-refractivity contribution is -0.136. The van der Waals surface area contributed by atoms with Crippen LogP contribution in [0.1, 0.15) is 36.9 Å². The SMILES string of the molecule is CC(NC(=O)c1cccs1)C(=O)N1CCC(N)C(C)(C)C1. The molecule has 0 aliphatic carbocycles. The second kappa shape index (κ2) is 6.15. The van der Waals surface area contributed by atoms with Crippen molar-refractivity contribution >= 4 is 23.2 Å². The number of hydrogen-bond acceptors (Lipinski definition) is 4. The molecule has 5 nitrogen and oxygen atoms in total. The van der Waals surface area contributed by atoms with Crippen LogP contribution in [-0.2, 0) is 4.79 Å². The average Bonchev–Trinajstić information content (AvgIpc) is 2.95. The first kappa shape index (κ1) is 16.0. The van der Waals surface area contributed by atoms with Crippen LogP contribution in [-0.4, -0.2) is 41.9 Å². The van der Waals surface area contributed by atoms with Gasteiger partial charge in [0.2, 0.25) is 5.91 Å². The normalized spacial score (nSPS) is 22.7. The minimum atomic E-state index is -0.523. The fraction of sp³-hybridized carbons (Fsp3) is 0.600. The number of nitrogens with zero attached hydrogens (tertiary/aromatic N) is 1. The van der Waals surface area contributed by atoms with Crippen molar-refractivity contribution in [3.05, 3.63) is 22.4 Å². The quantitative estimate of drug-likeness (QED) is 0.887. The monoisotopic (exact) mass is 309 g/mol. The molecule has 0 aromatic carbocycles. The highest BCUT2D eigenvalue weighted by Crippen LogP contribution is 2.28. The van der Waals surface area contributed by atoms with E-state index in [1.807, 2.05) is 16.3 Å². The summed E-state index contributed by atoms with van der Waals surface area (Å²) >= 11 is 1.37. The molecular formula is C15H23N3O2S. The molecule has 2 rings (SSSR count). The number of nitrogens with one attached hydrogen (secondary N) is 1. The molecule has 0 saturated carbocycles. The van der Waals surface area contributed by atoms with Gasteiger partial charge in [-0.3, -0.25) is 9.59 Å². The third kappa shape index (κ3) is 3.63. The molecule has 2 unspecified atom stereocenters. The zero-order chi connectivity index (χ0) is 15.6. The topological polar surface area (TPSA) is 75.4 Å². The van der Waals surface area contributed by atoms with Crippen LogP contribution in [0.2, 0.25) is 0 Å².